The number of amides is 1. The number of fused-ring (bicyclic) bond motifs is 2. The summed E-state index contributed by atoms with van der Waals surface area (Å²) in [4.78, 5) is 32.0. The Kier molecular flexibility index (Phi) is 3.14. The van der Waals surface area contributed by atoms with Gasteiger partial charge in [-0.3, -0.25) is 14.5 Å². The molecule has 0 saturated heterocycles. The molecule has 6 nitrogen and oxygen atoms in total. The zero-order valence-electron chi connectivity index (χ0n) is 13.6. The molecule has 0 spiro atoms. The van der Waals surface area contributed by atoms with Crippen molar-refractivity contribution in [2.75, 3.05) is 4.90 Å². The number of carbonyl (C=O) groups is 1. The van der Waals surface area contributed by atoms with Crippen LogP contribution in [0.2, 0.25) is 0 Å². The number of rotatable bonds is 2. The molecule has 4 aromatic rings. The molecule has 26 heavy (non-hydrogen) atoms. The highest BCUT2D eigenvalue weighted by atomic mass is 32.1. The number of aromatic nitrogens is 1. The van der Waals surface area contributed by atoms with Crippen molar-refractivity contribution in [2.24, 2.45) is 0 Å². The van der Waals surface area contributed by atoms with Crippen LogP contribution in [0.1, 0.15) is 33.7 Å². The van der Waals surface area contributed by atoms with E-state index in [1.807, 2.05) is 6.92 Å². The maximum atomic E-state index is 13.2. The molecule has 0 fully saturated rings. The standard InChI is InChI=1S/C19H12N2O4S/c1-10-6-7-13(24-10)15-14-16(22)11-4-2-3-5-12(11)25-17(14)18(23)21(15)19-20-8-9-26-19/h2-9,15H,1H3/t15-/m0/s1. The van der Waals surface area contributed by atoms with Crippen LogP contribution in [0.5, 0.6) is 0 Å². The number of anilines is 1. The molecule has 1 atom stereocenters. The minimum absolute atomic E-state index is 0.0444. The Labute approximate surface area is 151 Å². The molecule has 0 aliphatic carbocycles. The van der Waals surface area contributed by atoms with Gasteiger partial charge in [0.1, 0.15) is 23.1 Å². The monoisotopic (exact) mass is 364 g/mol. The third-order valence-corrected chi connectivity index (χ3v) is 5.20. The summed E-state index contributed by atoms with van der Waals surface area (Å²) in [5, 5.41) is 2.71. The lowest BCUT2D eigenvalue weighted by Gasteiger charge is -2.20. The van der Waals surface area contributed by atoms with E-state index in [0.717, 1.165) is 0 Å². The summed E-state index contributed by atoms with van der Waals surface area (Å²) in [5.74, 6) is 0.859. The number of hydrogen-bond donors (Lipinski definition) is 0. The predicted octanol–water partition coefficient (Wildman–Crippen LogP) is 3.90. The lowest BCUT2D eigenvalue weighted by molar-refractivity contribution is 0.0969. The van der Waals surface area contributed by atoms with E-state index in [0.29, 0.717) is 33.2 Å². The maximum absolute atomic E-state index is 13.2. The van der Waals surface area contributed by atoms with Crippen LogP contribution in [0.15, 0.2) is 61.6 Å². The number of thiazole rings is 1. The molecule has 1 aromatic carbocycles. The highest BCUT2D eigenvalue weighted by Crippen LogP contribution is 2.42. The second-order valence-corrected chi connectivity index (χ2v) is 6.88. The van der Waals surface area contributed by atoms with E-state index in [1.54, 1.807) is 48.0 Å². The van der Waals surface area contributed by atoms with Crippen LogP contribution in [0.3, 0.4) is 0 Å². The van der Waals surface area contributed by atoms with Gasteiger partial charge >= 0.3 is 0 Å². The number of nitrogens with zero attached hydrogens (tertiary/aromatic N) is 2. The maximum Gasteiger partial charge on any atom is 0.297 e. The normalized spacial score (nSPS) is 16.4. The first-order valence-electron chi connectivity index (χ1n) is 8.00. The van der Waals surface area contributed by atoms with Crippen molar-refractivity contribution >= 4 is 33.3 Å². The van der Waals surface area contributed by atoms with Crippen LogP contribution in [-0.2, 0) is 0 Å². The zero-order chi connectivity index (χ0) is 17.8. The van der Waals surface area contributed by atoms with Crippen LogP contribution in [0.4, 0.5) is 5.13 Å². The summed E-state index contributed by atoms with van der Waals surface area (Å²) < 4.78 is 11.6. The lowest BCUT2D eigenvalue weighted by atomic mass is 10.0. The van der Waals surface area contributed by atoms with Gasteiger partial charge in [0.2, 0.25) is 5.76 Å². The molecule has 0 radical (unpaired) electrons. The van der Waals surface area contributed by atoms with E-state index in [-0.39, 0.29) is 11.2 Å². The van der Waals surface area contributed by atoms with Gasteiger partial charge in [0, 0.05) is 11.6 Å². The fourth-order valence-corrected chi connectivity index (χ4v) is 3.99. The minimum Gasteiger partial charge on any atom is -0.464 e. The number of furan rings is 1. The highest BCUT2D eigenvalue weighted by Gasteiger charge is 2.46. The van der Waals surface area contributed by atoms with E-state index < -0.39 is 11.9 Å². The molecule has 0 unspecified atom stereocenters. The molecule has 128 valence electrons. The third kappa shape index (κ3) is 2.01. The molecule has 0 saturated carbocycles. The highest BCUT2D eigenvalue weighted by molar-refractivity contribution is 7.13. The largest absolute Gasteiger partial charge is 0.464 e. The minimum atomic E-state index is -0.696. The fraction of sp³-hybridized carbons (Fsp3) is 0.105. The van der Waals surface area contributed by atoms with Gasteiger partial charge in [0.05, 0.1) is 10.9 Å². The van der Waals surface area contributed by atoms with E-state index in [4.69, 9.17) is 8.83 Å². The third-order valence-electron chi connectivity index (χ3n) is 4.43. The Morgan fingerprint density at radius 1 is 1.12 bits per heavy atom. The van der Waals surface area contributed by atoms with E-state index in [9.17, 15) is 9.59 Å². The van der Waals surface area contributed by atoms with Crippen molar-refractivity contribution in [1.82, 2.24) is 4.98 Å². The second-order valence-electron chi connectivity index (χ2n) is 6.01. The summed E-state index contributed by atoms with van der Waals surface area (Å²) >= 11 is 1.32. The molecule has 1 amide bonds. The van der Waals surface area contributed by atoms with Crippen molar-refractivity contribution in [3.05, 3.63) is 81.0 Å². The van der Waals surface area contributed by atoms with Crippen molar-refractivity contribution in [3.63, 3.8) is 0 Å². The molecule has 3 aromatic heterocycles. The number of para-hydroxylation sites is 1. The Morgan fingerprint density at radius 3 is 2.69 bits per heavy atom. The van der Waals surface area contributed by atoms with Gasteiger partial charge in [-0.25, -0.2) is 4.98 Å². The van der Waals surface area contributed by atoms with Crippen LogP contribution in [0.25, 0.3) is 11.0 Å². The Bertz CT molecular complexity index is 1210. The van der Waals surface area contributed by atoms with Crippen molar-refractivity contribution in [2.45, 2.75) is 13.0 Å². The molecule has 1 aliphatic rings. The van der Waals surface area contributed by atoms with E-state index >= 15 is 0 Å². The first-order valence-corrected chi connectivity index (χ1v) is 8.88. The van der Waals surface area contributed by atoms with Gasteiger partial charge in [-0.05, 0) is 31.2 Å². The molecule has 0 bridgehead atoms. The van der Waals surface area contributed by atoms with Crippen LogP contribution in [-0.4, -0.2) is 10.9 Å². The Balaban J connectivity index is 1.85. The molecular formula is C19H12N2O4S. The Morgan fingerprint density at radius 2 is 1.96 bits per heavy atom. The van der Waals surface area contributed by atoms with Gasteiger partial charge < -0.3 is 8.83 Å². The van der Waals surface area contributed by atoms with Gasteiger partial charge in [-0.15, -0.1) is 11.3 Å². The first kappa shape index (κ1) is 15.1. The fourth-order valence-electron chi connectivity index (χ4n) is 3.32. The number of benzene rings is 1. The number of hydrogen-bond acceptors (Lipinski definition) is 6. The van der Waals surface area contributed by atoms with Crippen LogP contribution >= 0.6 is 11.3 Å². The summed E-state index contributed by atoms with van der Waals surface area (Å²) in [5.41, 5.74) is 0.450. The predicted molar refractivity (Wildman–Crippen MR) is 96.7 cm³/mol. The molecule has 7 heteroatoms. The van der Waals surface area contributed by atoms with Crippen molar-refractivity contribution < 1.29 is 13.6 Å². The SMILES string of the molecule is Cc1ccc([C@H]2c3c(oc4ccccc4c3=O)C(=O)N2c2nccs2)o1. The first-order chi connectivity index (χ1) is 12.6. The number of aryl methyl sites for hydroxylation is 1. The summed E-state index contributed by atoms with van der Waals surface area (Å²) in [6.07, 6.45) is 1.62. The summed E-state index contributed by atoms with van der Waals surface area (Å²) in [6, 6.07) is 9.80. The zero-order valence-corrected chi connectivity index (χ0v) is 14.4. The van der Waals surface area contributed by atoms with Crippen molar-refractivity contribution in [3.8, 4) is 0 Å². The number of carbonyl (C=O) groups excluding carboxylic acids is 1. The summed E-state index contributed by atoms with van der Waals surface area (Å²) in [6.45, 7) is 1.82. The van der Waals surface area contributed by atoms with Gasteiger partial charge in [-0.2, -0.15) is 0 Å². The lowest BCUT2D eigenvalue weighted by Crippen LogP contribution is -2.29. The molecule has 4 heterocycles. The Hall–Kier alpha value is -3.19. The average Bonchev–Trinajstić information content (AvgIpc) is 3.36. The molecule has 0 N–H and O–H groups in total. The topological polar surface area (TPSA) is 76.6 Å². The van der Waals surface area contributed by atoms with E-state index in [1.165, 1.54) is 16.2 Å². The van der Waals surface area contributed by atoms with Gasteiger partial charge in [0.25, 0.3) is 5.91 Å². The average molecular weight is 364 g/mol. The second kappa shape index (κ2) is 5.40. The molecule has 5 rings (SSSR count). The van der Waals surface area contributed by atoms with Gasteiger partial charge in [0.15, 0.2) is 10.6 Å². The van der Waals surface area contributed by atoms with Crippen molar-refractivity contribution in [1.29, 1.82) is 0 Å². The molecule has 1 aliphatic heterocycles. The smallest absolute Gasteiger partial charge is 0.297 e. The quantitative estimate of drug-likeness (QED) is 0.539. The van der Waals surface area contributed by atoms with Crippen LogP contribution in [0, 0.1) is 6.92 Å². The van der Waals surface area contributed by atoms with Crippen LogP contribution < -0.4 is 10.3 Å². The van der Waals surface area contributed by atoms with E-state index in [2.05, 4.69) is 4.98 Å². The summed E-state index contributed by atoms with van der Waals surface area (Å²) in [7, 11) is 0. The van der Waals surface area contributed by atoms with Gasteiger partial charge in [-0.1, -0.05) is 12.1 Å². The molecular weight excluding hydrogens is 352 g/mol.